The van der Waals surface area contributed by atoms with Crippen LogP contribution in [0.25, 0.3) is 0 Å². The standard InChI is InChI=1S/C21H25N3O4S/c1-17(25)18-7-6-10-20(15-18)24(29(2,27)28)16-21(26)23-13-11-22(12-14-23)19-8-4-3-5-9-19/h3-10,15H,11-14,16H2,1-2H3. The van der Waals surface area contributed by atoms with Gasteiger partial charge in [0.2, 0.25) is 15.9 Å². The summed E-state index contributed by atoms with van der Waals surface area (Å²) in [6.45, 7) is 3.56. The first-order valence-electron chi connectivity index (χ1n) is 9.42. The van der Waals surface area contributed by atoms with Crippen molar-refractivity contribution in [3.8, 4) is 0 Å². The van der Waals surface area contributed by atoms with Crippen molar-refractivity contribution < 1.29 is 18.0 Å². The minimum atomic E-state index is -3.68. The van der Waals surface area contributed by atoms with Crippen LogP contribution < -0.4 is 9.21 Å². The lowest BCUT2D eigenvalue weighted by molar-refractivity contribution is -0.129. The summed E-state index contributed by atoms with van der Waals surface area (Å²) in [5, 5.41) is 0. The minimum Gasteiger partial charge on any atom is -0.368 e. The number of para-hydroxylation sites is 1. The van der Waals surface area contributed by atoms with Crippen LogP contribution in [0.5, 0.6) is 0 Å². The van der Waals surface area contributed by atoms with Gasteiger partial charge in [0.25, 0.3) is 0 Å². The first kappa shape index (κ1) is 20.9. The quantitative estimate of drug-likeness (QED) is 0.675. The van der Waals surface area contributed by atoms with E-state index in [-0.39, 0.29) is 18.2 Å². The van der Waals surface area contributed by atoms with E-state index in [0.29, 0.717) is 37.4 Å². The average molecular weight is 416 g/mol. The van der Waals surface area contributed by atoms with Gasteiger partial charge in [-0.2, -0.15) is 0 Å². The van der Waals surface area contributed by atoms with Crippen molar-refractivity contribution in [2.24, 2.45) is 0 Å². The van der Waals surface area contributed by atoms with E-state index in [0.717, 1.165) is 16.2 Å². The molecule has 3 rings (SSSR count). The Balaban J connectivity index is 1.70. The van der Waals surface area contributed by atoms with E-state index in [4.69, 9.17) is 0 Å². The third kappa shape index (κ3) is 5.14. The number of anilines is 2. The number of nitrogens with zero attached hydrogens (tertiary/aromatic N) is 3. The molecule has 0 saturated carbocycles. The normalized spacial score (nSPS) is 14.6. The number of Topliss-reactive ketones (excluding diaryl/α,β-unsaturated/α-hetero) is 1. The van der Waals surface area contributed by atoms with Crippen LogP contribution in [-0.4, -0.2) is 64.0 Å². The highest BCUT2D eigenvalue weighted by Gasteiger charge is 2.27. The molecule has 0 radical (unpaired) electrons. The van der Waals surface area contributed by atoms with Crippen LogP contribution in [0.1, 0.15) is 17.3 Å². The number of carbonyl (C=O) groups is 2. The molecular weight excluding hydrogens is 390 g/mol. The lowest BCUT2D eigenvalue weighted by Gasteiger charge is -2.37. The van der Waals surface area contributed by atoms with E-state index in [2.05, 4.69) is 4.90 Å². The fraction of sp³-hybridized carbons (Fsp3) is 0.333. The van der Waals surface area contributed by atoms with Gasteiger partial charge >= 0.3 is 0 Å². The topological polar surface area (TPSA) is 78.0 Å². The first-order chi connectivity index (χ1) is 13.8. The van der Waals surface area contributed by atoms with E-state index in [9.17, 15) is 18.0 Å². The maximum Gasteiger partial charge on any atom is 0.243 e. The highest BCUT2D eigenvalue weighted by Crippen LogP contribution is 2.21. The van der Waals surface area contributed by atoms with Gasteiger partial charge in [-0.05, 0) is 31.2 Å². The summed E-state index contributed by atoms with van der Waals surface area (Å²) in [5.41, 5.74) is 1.83. The Labute approximate surface area is 171 Å². The molecule has 2 aromatic carbocycles. The monoisotopic (exact) mass is 415 g/mol. The Kier molecular flexibility index (Phi) is 6.22. The number of sulfonamides is 1. The number of hydrogen-bond donors (Lipinski definition) is 0. The van der Waals surface area contributed by atoms with Gasteiger partial charge in [-0.15, -0.1) is 0 Å². The molecule has 29 heavy (non-hydrogen) atoms. The molecule has 0 unspecified atom stereocenters. The Morgan fingerprint density at radius 1 is 0.966 bits per heavy atom. The van der Waals surface area contributed by atoms with Crippen molar-refractivity contribution in [1.82, 2.24) is 4.90 Å². The van der Waals surface area contributed by atoms with E-state index < -0.39 is 10.0 Å². The Bertz CT molecular complexity index is 984. The van der Waals surface area contributed by atoms with Crippen molar-refractivity contribution in [2.45, 2.75) is 6.92 Å². The first-order valence-corrected chi connectivity index (χ1v) is 11.3. The van der Waals surface area contributed by atoms with Gasteiger partial charge in [0.15, 0.2) is 5.78 Å². The van der Waals surface area contributed by atoms with E-state index in [1.807, 2.05) is 30.3 Å². The predicted octanol–water partition coefficient (Wildman–Crippen LogP) is 2.00. The van der Waals surface area contributed by atoms with Crippen molar-refractivity contribution in [2.75, 3.05) is 48.2 Å². The summed E-state index contributed by atoms with van der Waals surface area (Å²) in [7, 11) is -3.68. The van der Waals surface area contributed by atoms with Crippen LogP contribution in [0, 0.1) is 0 Å². The third-order valence-corrected chi connectivity index (χ3v) is 6.11. The lowest BCUT2D eigenvalue weighted by Crippen LogP contribution is -2.52. The van der Waals surface area contributed by atoms with Gasteiger partial charge < -0.3 is 9.80 Å². The maximum absolute atomic E-state index is 12.8. The van der Waals surface area contributed by atoms with Crippen molar-refractivity contribution >= 4 is 33.1 Å². The van der Waals surface area contributed by atoms with E-state index in [1.54, 1.807) is 23.1 Å². The van der Waals surface area contributed by atoms with Crippen LogP contribution >= 0.6 is 0 Å². The molecule has 7 nitrogen and oxygen atoms in total. The molecule has 1 fully saturated rings. The van der Waals surface area contributed by atoms with Gasteiger partial charge in [0.1, 0.15) is 6.54 Å². The van der Waals surface area contributed by atoms with Crippen molar-refractivity contribution in [3.63, 3.8) is 0 Å². The van der Waals surface area contributed by atoms with Gasteiger partial charge in [0, 0.05) is 37.4 Å². The molecule has 1 amide bonds. The molecule has 1 saturated heterocycles. The summed E-state index contributed by atoms with van der Waals surface area (Å²) in [6.07, 6.45) is 1.06. The number of amides is 1. The number of rotatable bonds is 6. The molecule has 0 spiro atoms. The average Bonchev–Trinajstić information content (AvgIpc) is 2.72. The van der Waals surface area contributed by atoms with Crippen LogP contribution in [0.3, 0.4) is 0 Å². The fourth-order valence-corrected chi connectivity index (χ4v) is 4.20. The lowest BCUT2D eigenvalue weighted by atomic mass is 10.1. The van der Waals surface area contributed by atoms with Crippen LogP contribution in [0.2, 0.25) is 0 Å². The third-order valence-electron chi connectivity index (χ3n) is 4.97. The highest BCUT2D eigenvalue weighted by molar-refractivity contribution is 7.92. The maximum atomic E-state index is 12.8. The molecule has 0 atom stereocenters. The summed E-state index contributed by atoms with van der Waals surface area (Å²) in [6, 6.07) is 16.3. The number of carbonyl (C=O) groups excluding carboxylic acids is 2. The van der Waals surface area contributed by atoms with Crippen LogP contribution in [0.4, 0.5) is 11.4 Å². The van der Waals surface area contributed by atoms with Gasteiger partial charge in [-0.25, -0.2) is 8.42 Å². The fourth-order valence-electron chi connectivity index (χ4n) is 3.36. The number of benzene rings is 2. The Morgan fingerprint density at radius 3 is 2.21 bits per heavy atom. The Hall–Kier alpha value is -2.87. The van der Waals surface area contributed by atoms with Gasteiger partial charge in [-0.3, -0.25) is 13.9 Å². The summed E-state index contributed by atoms with van der Waals surface area (Å²) in [5.74, 6) is -0.417. The SMILES string of the molecule is CC(=O)c1cccc(N(CC(=O)N2CCN(c3ccccc3)CC2)S(C)(=O)=O)c1. The molecular formula is C21H25N3O4S. The zero-order valence-electron chi connectivity index (χ0n) is 16.6. The number of ketones is 1. The second kappa shape index (κ2) is 8.65. The van der Waals surface area contributed by atoms with E-state index >= 15 is 0 Å². The molecule has 154 valence electrons. The molecule has 8 heteroatoms. The minimum absolute atomic E-state index is 0.163. The van der Waals surface area contributed by atoms with Crippen molar-refractivity contribution in [1.29, 1.82) is 0 Å². The zero-order valence-corrected chi connectivity index (χ0v) is 17.4. The summed E-state index contributed by atoms with van der Waals surface area (Å²) < 4.78 is 25.7. The number of hydrogen-bond acceptors (Lipinski definition) is 5. The summed E-state index contributed by atoms with van der Waals surface area (Å²) in [4.78, 5) is 28.4. The van der Waals surface area contributed by atoms with Crippen molar-refractivity contribution in [3.05, 3.63) is 60.2 Å². The molecule has 0 aromatic heterocycles. The second-order valence-electron chi connectivity index (χ2n) is 7.08. The highest BCUT2D eigenvalue weighted by atomic mass is 32.2. The molecule has 2 aromatic rings. The smallest absolute Gasteiger partial charge is 0.243 e. The zero-order chi connectivity index (χ0) is 21.0. The second-order valence-corrected chi connectivity index (χ2v) is 8.99. The van der Waals surface area contributed by atoms with E-state index in [1.165, 1.54) is 13.0 Å². The summed E-state index contributed by atoms with van der Waals surface area (Å²) >= 11 is 0. The molecule has 0 N–H and O–H groups in total. The van der Waals surface area contributed by atoms with Crippen LogP contribution in [-0.2, 0) is 14.8 Å². The van der Waals surface area contributed by atoms with Gasteiger partial charge in [-0.1, -0.05) is 30.3 Å². The molecule has 1 heterocycles. The Morgan fingerprint density at radius 2 is 1.62 bits per heavy atom. The largest absolute Gasteiger partial charge is 0.368 e. The van der Waals surface area contributed by atoms with Crippen LogP contribution in [0.15, 0.2) is 54.6 Å². The molecule has 1 aliphatic rings. The molecule has 1 aliphatic heterocycles. The van der Waals surface area contributed by atoms with Gasteiger partial charge in [0.05, 0.1) is 11.9 Å². The predicted molar refractivity (Wildman–Crippen MR) is 114 cm³/mol. The molecule has 0 aliphatic carbocycles. The number of piperazine rings is 1. The molecule has 0 bridgehead atoms.